The number of nitrogens with one attached hydrogen (secondary N) is 1. The minimum atomic E-state index is 1.01. The molecule has 0 amide bonds. The summed E-state index contributed by atoms with van der Waals surface area (Å²) < 4.78 is 0. The van der Waals surface area contributed by atoms with Gasteiger partial charge in [0.25, 0.3) is 0 Å². The van der Waals surface area contributed by atoms with Gasteiger partial charge < -0.3 is 0 Å². The number of hydrogen-bond acceptors (Lipinski definition) is 3. The molecule has 0 fully saturated rings. The van der Waals surface area contributed by atoms with Crippen LogP contribution in [0.1, 0.15) is 20.3 Å². The van der Waals surface area contributed by atoms with Gasteiger partial charge in [-0.1, -0.05) is 6.92 Å². The van der Waals surface area contributed by atoms with Crippen LogP contribution in [0.3, 0.4) is 0 Å². The van der Waals surface area contributed by atoms with Crippen LogP contribution in [0, 0.1) is 0 Å². The van der Waals surface area contributed by atoms with Gasteiger partial charge in [0, 0.05) is 19.8 Å². The third kappa shape index (κ3) is 3.97. The van der Waals surface area contributed by atoms with E-state index in [0.717, 1.165) is 12.1 Å². The maximum absolute atomic E-state index is 4.15. The van der Waals surface area contributed by atoms with E-state index in [2.05, 4.69) is 17.5 Å². The zero-order valence-electron chi connectivity index (χ0n) is 6.60. The van der Waals surface area contributed by atoms with E-state index < -0.39 is 0 Å². The van der Waals surface area contributed by atoms with Crippen LogP contribution >= 0.6 is 0 Å². The monoisotopic (exact) mass is 129 g/mol. The van der Waals surface area contributed by atoms with E-state index in [1.54, 1.807) is 5.12 Å². The fourth-order valence-corrected chi connectivity index (χ4v) is 0.377. The maximum Gasteiger partial charge on any atom is 0.0421 e. The Balaban J connectivity index is 3.64. The Labute approximate surface area is 56.7 Å². The highest BCUT2D eigenvalue weighted by atomic mass is 15.7. The predicted octanol–water partition coefficient (Wildman–Crippen LogP) is 0.839. The quantitative estimate of drug-likeness (QED) is 0.451. The van der Waals surface area contributed by atoms with Gasteiger partial charge in [0.05, 0.1) is 0 Å². The standard InChI is InChI=1S/C6H15N3/c1-5-6(2)8-9(4)7-3/h7H,5H2,1-4H3/b8-6-. The molecule has 54 valence electrons. The van der Waals surface area contributed by atoms with E-state index in [9.17, 15) is 0 Å². The van der Waals surface area contributed by atoms with Crippen LogP contribution in [-0.2, 0) is 0 Å². The molecule has 3 heteroatoms. The van der Waals surface area contributed by atoms with Gasteiger partial charge in [-0.2, -0.15) is 5.10 Å². The van der Waals surface area contributed by atoms with Gasteiger partial charge >= 0.3 is 0 Å². The van der Waals surface area contributed by atoms with Gasteiger partial charge in [0.2, 0.25) is 0 Å². The highest BCUT2D eigenvalue weighted by Crippen LogP contribution is 1.84. The highest BCUT2D eigenvalue weighted by molar-refractivity contribution is 5.81. The van der Waals surface area contributed by atoms with Crippen molar-refractivity contribution in [2.24, 2.45) is 5.10 Å². The minimum absolute atomic E-state index is 1.01. The molecule has 0 aliphatic rings. The number of hydrazone groups is 1. The molecule has 0 saturated heterocycles. The molecule has 1 N–H and O–H groups in total. The minimum Gasteiger partial charge on any atom is -0.233 e. The summed E-state index contributed by atoms with van der Waals surface area (Å²) in [4.78, 5) is 0. The van der Waals surface area contributed by atoms with Gasteiger partial charge in [-0.05, 0) is 13.3 Å². The number of nitrogens with zero attached hydrogens (tertiary/aromatic N) is 2. The molecular weight excluding hydrogens is 114 g/mol. The third-order valence-electron chi connectivity index (χ3n) is 1.16. The smallest absolute Gasteiger partial charge is 0.0421 e. The van der Waals surface area contributed by atoms with Gasteiger partial charge in [0.1, 0.15) is 0 Å². The van der Waals surface area contributed by atoms with Crippen molar-refractivity contribution in [3.05, 3.63) is 0 Å². The van der Waals surface area contributed by atoms with Crippen LogP contribution in [0.15, 0.2) is 5.10 Å². The summed E-state index contributed by atoms with van der Waals surface area (Å²) in [5, 5.41) is 5.85. The van der Waals surface area contributed by atoms with Crippen LogP contribution in [-0.4, -0.2) is 24.9 Å². The van der Waals surface area contributed by atoms with Gasteiger partial charge in [-0.3, -0.25) is 0 Å². The van der Waals surface area contributed by atoms with E-state index in [1.807, 2.05) is 21.0 Å². The zero-order chi connectivity index (χ0) is 7.28. The Morgan fingerprint density at radius 1 is 1.67 bits per heavy atom. The van der Waals surface area contributed by atoms with Crippen LogP contribution in [0.25, 0.3) is 0 Å². The SMILES string of the molecule is CC/C(C)=N\N(C)NC. The second-order valence-electron chi connectivity index (χ2n) is 1.94. The van der Waals surface area contributed by atoms with E-state index in [-0.39, 0.29) is 0 Å². The molecule has 3 nitrogen and oxygen atoms in total. The fraction of sp³-hybridized carbons (Fsp3) is 0.833. The lowest BCUT2D eigenvalue weighted by Crippen LogP contribution is -2.26. The molecule has 0 bridgehead atoms. The molecule has 0 heterocycles. The molecule has 0 radical (unpaired) electrons. The average molecular weight is 129 g/mol. The molecule has 0 spiro atoms. The van der Waals surface area contributed by atoms with Crippen molar-refractivity contribution in [1.82, 2.24) is 10.5 Å². The first-order chi connectivity index (χ1) is 4.20. The molecule has 0 saturated carbocycles. The van der Waals surface area contributed by atoms with Gasteiger partial charge in [-0.25, -0.2) is 10.5 Å². The predicted molar refractivity (Wildman–Crippen MR) is 40.2 cm³/mol. The summed E-state index contributed by atoms with van der Waals surface area (Å²) in [6, 6.07) is 0. The summed E-state index contributed by atoms with van der Waals surface area (Å²) in [6.45, 7) is 4.09. The fourth-order valence-electron chi connectivity index (χ4n) is 0.377. The van der Waals surface area contributed by atoms with Crippen LogP contribution in [0.2, 0.25) is 0 Å². The summed E-state index contributed by atoms with van der Waals surface area (Å²) in [7, 11) is 3.71. The molecule has 0 aromatic carbocycles. The molecule has 0 aliphatic heterocycles. The van der Waals surface area contributed by atoms with Crippen LogP contribution < -0.4 is 5.43 Å². The molecule has 0 unspecified atom stereocenters. The molecule has 0 aromatic heterocycles. The average Bonchev–Trinajstić information content (AvgIpc) is 1.87. The summed E-state index contributed by atoms with van der Waals surface area (Å²) in [6.07, 6.45) is 1.01. The van der Waals surface area contributed by atoms with Crippen molar-refractivity contribution in [2.45, 2.75) is 20.3 Å². The Morgan fingerprint density at radius 3 is 2.56 bits per heavy atom. The first-order valence-electron chi connectivity index (χ1n) is 3.16. The molecular formula is C6H15N3. The molecule has 0 rings (SSSR count). The van der Waals surface area contributed by atoms with Crippen molar-refractivity contribution in [1.29, 1.82) is 0 Å². The largest absolute Gasteiger partial charge is 0.233 e. The third-order valence-corrected chi connectivity index (χ3v) is 1.16. The Bertz CT molecular complexity index is 98.5. The van der Waals surface area contributed by atoms with E-state index in [0.29, 0.717) is 0 Å². The van der Waals surface area contributed by atoms with Gasteiger partial charge in [0.15, 0.2) is 0 Å². The van der Waals surface area contributed by atoms with Gasteiger partial charge in [-0.15, -0.1) is 0 Å². The van der Waals surface area contributed by atoms with E-state index >= 15 is 0 Å². The van der Waals surface area contributed by atoms with E-state index in [1.165, 1.54) is 0 Å². The van der Waals surface area contributed by atoms with Crippen LogP contribution in [0.5, 0.6) is 0 Å². The normalized spacial score (nSPS) is 11.8. The second-order valence-corrected chi connectivity index (χ2v) is 1.94. The van der Waals surface area contributed by atoms with E-state index in [4.69, 9.17) is 0 Å². The zero-order valence-corrected chi connectivity index (χ0v) is 6.60. The molecule has 0 atom stereocenters. The van der Waals surface area contributed by atoms with Crippen molar-refractivity contribution >= 4 is 5.71 Å². The number of hydrazine groups is 1. The summed E-state index contributed by atoms with van der Waals surface area (Å²) >= 11 is 0. The van der Waals surface area contributed by atoms with Crippen LogP contribution in [0.4, 0.5) is 0 Å². The lowest BCUT2D eigenvalue weighted by Gasteiger charge is -2.10. The molecule has 0 aromatic rings. The number of hydrogen-bond donors (Lipinski definition) is 1. The Kier molecular flexibility index (Phi) is 4.05. The number of rotatable bonds is 3. The lowest BCUT2D eigenvalue weighted by atomic mass is 10.3. The highest BCUT2D eigenvalue weighted by Gasteiger charge is 1.86. The van der Waals surface area contributed by atoms with Crippen molar-refractivity contribution in [3.8, 4) is 0 Å². The topological polar surface area (TPSA) is 27.6 Å². The second kappa shape index (κ2) is 4.32. The molecule has 9 heavy (non-hydrogen) atoms. The maximum atomic E-state index is 4.15. The first-order valence-corrected chi connectivity index (χ1v) is 3.16. The first kappa shape index (κ1) is 8.43. The Hall–Kier alpha value is -0.570. The van der Waals surface area contributed by atoms with Crippen molar-refractivity contribution in [3.63, 3.8) is 0 Å². The van der Waals surface area contributed by atoms with Crippen molar-refractivity contribution < 1.29 is 0 Å². The lowest BCUT2D eigenvalue weighted by molar-refractivity contribution is 0.274. The summed E-state index contributed by atoms with van der Waals surface area (Å²) in [5.74, 6) is 0. The van der Waals surface area contributed by atoms with Crippen molar-refractivity contribution in [2.75, 3.05) is 14.1 Å². The molecule has 0 aliphatic carbocycles. The Morgan fingerprint density at radius 2 is 2.22 bits per heavy atom. The summed E-state index contributed by atoms with van der Waals surface area (Å²) in [5.41, 5.74) is 4.01.